The van der Waals surface area contributed by atoms with Gasteiger partial charge in [-0.05, 0) is 59.8 Å². The summed E-state index contributed by atoms with van der Waals surface area (Å²) < 4.78 is 12.8. The lowest BCUT2D eigenvalue weighted by atomic mass is 10.0. The zero-order valence-electron chi connectivity index (χ0n) is 19.3. The van der Waals surface area contributed by atoms with E-state index >= 15 is 0 Å². The summed E-state index contributed by atoms with van der Waals surface area (Å²) in [5.41, 5.74) is 4.28. The lowest BCUT2D eigenvalue weighted by molar-refractivity contribution is 0.0697. The van der Waals surface area contributed by atoms with Crippen LogP contribution < -0.4 is 4.74 Å². The molecule has 0 aliphatic heterocycles. The molecule has 8 heteroatoms. The van der Waals surface area contributed by atoms with E-state index in [0.717, 1.165) is 45.4 Å². The second kappa shape index (κ2) is 10.3. The highest BCUT2D eigenvalue weighted by atomic mass is 35.5. The Bertz CT molecular complexity index is 1540. The highest BCUT2D eigenvalue weighted by Gasteiger charge is 2.22. The summed E-state index contributed by atoms with van der Waals surface area (Å²) in [5.74, 6) is 0.495. The Labute approximate surface area is 221 Å². The first-order valence-corrected chi connectivity index (χ1v) is 13.0. The van der Waals surface area contributed by atoms with Crippen LogP contribution in [0, 0.1) is 0 Å². The fraction of sp³-hybridized carbons (Fsp3) is 0.143. The van der Waals surface area contributed by atoms with Crippen LogP contribution in [0.15, 0.2) is 70.6 Å². The number of benzene rings is 3. The molecule has 0 aliphatic carbocycles. The predicted octanol–water partition coefficient (Wildman–Crippen LogP) is 8.76. The molecule has 182 valence electrons. The van der Waals surface area contributed by atoms with Crippen molar-refractivity contribution < 1.29 is 19.2 Å². The van der Waals surface area contributed by atoms with Crippen molar-refractivity contribution in [3.8, 4) is 28.1 Å². The van der Waals surface area contributed by atoms with Crippen molar-refractivity contribution in [1.29, 1.82) is 0 Å². The van der Waals surface area contributed by atoms with Crippen molar-refractivity contribution in [3.05, 3.63) is 93.0 Å². The van der Waals surface area contributed by atoms with Gasteiger partial charge in [0.1, 0.15) is 23.8 Å². The molecule has 5 rings (SSSR count). The minimum Gasteiger partial charge on any atom is -0.489 e. The number of aromatic nitrogens is 1. The van der Waals surface area contributed by atoms with Gasteiger partial charge in [-0.2, -0.15) is 0 Å². The van der Waals surface area contributed by atoms with Gasteiger partial charge in [0.15, 0.2) is 0 Å². The van der Waals surface area contributed by atoms with E-state index in [0.29, 0.717) is 27.1 Å². The lowest BCUT2D eigenvalue weighted by Gasteiger charge is -2.10. The van der Waals surface area contributed by atoms with Crippen LogP contribution in [0.5, 0.6) is 5.75 Å². The summed E-state index contributed by atoms with van der Waals surface area (Å²) in [4.78, 5) is 11.4. The monoisotopic (exact) mass is 537 g/mol. The Balaban J connectivity index is 1.41. The van der Waals surface area contributed by atoms with Crippen LogP contribution in [-0.2, 0) is 13.0 Å². The Morgan fingerprint density at radius 3 is 2.53 bits per heavy atom. The molecule has 0 aliphatic rings. The van der Waals surface area contributed by atoms with Gasteiger partial charge in [-0.3, -0.25) is 0 Å². The Morgan fingerprint density at radius 1 is 1.08 bits per heavy atom. The molecule has 0 unspecified atom stereocenters. The molecule has 3 aromatic carbocycles. The molecule has 0 saturated heterocycles. The quantitative estimate of drug-likeness (QED) is 0.214. The van der Waals surface area contributed by atoms with E-state index < -0.39 is 5.97 Å². The van der Waals surface area contributed by atoms with Crippen LogP contribution in [0.4, 0.5) is 0 Å². The molecule has 5 aromatic rings. The number of ether oxygens (including phenoxy) is 1. The summed E-state index contributed by atoms with van der Waals surface area (Å²) in [6, 6.07) is 18.3. The SMILES string of the molecule is CCCc1onc(-c2c(Cl)cccc2Cl)c1COc1ccc(-c2csc3ccc(C(=O)O)cc23)cc1. The number of carboxylic acid groups (broad SMARTS) is 1. The smallest absolute Gasteiger partial charge is 0.335 e. The second-order valence-electron chi connectivity index (χ2n) is 8.26. The van der Waals surface area contributed by atoms with Gasteiger partial charge in [-0.1, -0.05) is 53.5 Å². The lowest BCUT2D eigenvalue weighted by Crippen LogP contribution is -2.00. The number of hydrogen-bond donors (Lipinski definition) is 1. The summed E-state index contributed by atoms with van der Waals surface area (Å²) in [6.07, 6.45) is 1.61. The van der Waals surface area contributed by atoms with E-state index in [9.17, 15) is 9.90 Å². The Hall–Kier alpha value is -3.32. The zero-order valence-corrected chi connectivity index (χ0v) is 21.6. The van der Waals surface area contributed by atoms with Crippen LogP contribution in [0.3, 0.4) is 0 Å². The number of nitrogens with zero attached hydrogens (tertiary/aromatic N) is 1. The van der Waals surface area contributed by atoms with Gasteiger partial charge in [0, 0.05) is 27.6 Å². The third-order valence-electron chi connectivity index (χ3n) is 5.92. The molecule has 36 heavy (non-hydrogen) atoms. The second-order valence-corrected chi connectivity index (χ2v) is 9.98. The first-order valence-electron chi connectivity index (χ1n) is 11.4. The van der Waals surface area contributed by atoms with Crippen molar-refractivity contribution >= 4 is 50.6 Å². The van der Waals surface area contributed by atoms with E-state index in [1.807, 2.05) is 35.7 Å². The fourth-order valence-corrected chi connectivity index (χ4v) is 5.63. The maximum atomic E-state index is 11.4. The van der Waals surface area contributed by atoms with Crippen molar-refractivity contribution in [2.24, 2.45) is 0 Å². The average Bonchev–Trinajstić information content (AvgIpc) is 3.47. The van der Waals surface area contributed by atoms with Crippen LogP contribution >= 0.6 is 34.5 Å². The molecule has 0 spiro atoms. The van der Waals surface area contributed by atoms with Crippen LogP contribution in [0.1, 0.15) is 35.0 Å². The predicted molar refractivity (Wildman–Crippen MR) is 145 cm³/mol. The number of aromatic carboxylic acids is 1. The number of carbonyl (C=O) groups is 1. The molecule has 1 N–H and O–H groups in total. The number of thiophene rings is 1. The maximum absolute atomic E-state index is 11.4. The van der Waals surface area contributed by atoms with Gasteiger partial charge in [-0.15, -0.1) is 11.3 Å². The van der Waals surface area contributed by atoms with Gasteiger partial charge < -0.3 is 14.4 Å². The minimum atomic E-state index is -0.938. The molecule has 0 bridgehead atoms. The number of carboxylic acids is 1. The zero-order chi connectivity index (χ0) is 25.2. The van der Waals surface area contributed by atoms with Crippen molar-refractivity contribution in [2.45, 2.75) is 26.4 Å². The van der Waals surface area contributed by atoms with Gasteiger partial charge in [0.2, 0.25) is 0 Å². The molecule has 0 radical (unpaired) electrons. The van der Waals surface area contributed by atoms with E-state index in [1.54, 1.807) is 41.7 Å². The Morgan fingerprint density at radius 2 is 1.83 bits per heavy atom. The van der Waals surface area contributed by atoms with Crippen molar-refractivity contribution in [1.82, 2.24) is 5.16 Å². The van der Waals surface area contributed by atoms with E-state index in [-0.39, 0.29) is 12.2 Å². The highest BCUT2D eigenvalue weighted by molar-refractivity contribution is 7.17. The summed E-state index contributed by atoms with van der Waals surface area (Å²) in [5, 5.41) is 17.6. The van der Waals surface area contributed by atoms with E-state index in [4.69, 9.17) is 32.5 Å². The number of aryl methyl sites for hydroxylation is 1. The minimum absolute atomic E-state index is 0.248. The molecule has 0 saturated carbocycles. The first kappa shape index (κ1) is 24.4. The average molecular weight is 538 g/mol. The van der Waals surface area contributed by atoms with Crippen LogP contribution in [-0.4, -0.2) is 16.2 Å². The fourth-order valence-electron chi connectivity index (χ4n) is 4.11. The summed E-state index contributed by atoms with van der Waals surface area (Å²) >= 11 is 14.5. The highest BCUT2D eigenvalue weighted by Crippen LogP contribution is 2.38. The molecular weight excluding hydrogens is 517 g/mol. The van der Waals surface area contributed by atoms with Gasteiger partial charge in [0.05, 0.1) is 21.2 Å². The van der Waals surface area contributed by atoms with Gasteiger partial charge in [-0.25, -0.2) is 4.79 Å². The number of halogens is 2. The molecule has 0 amide bonds. The van der Waals surface area contributed by atoms with E-state index in [1.165, 1.54) is 0 Å². The number of fused-ring (bicyclic) bond motifs is 1. The van der Waals surface area contributed by atoms with Gasteiger partial charge in [0.25, 0.3) is 0 Å². The largest absolute Gasteiger partial charge is 0.489 e. The van der Waals surface area contributed by atoms with Crippen LogP contribution in [0.2, 0.25) is 10.0 Å². The summed E-state index contributed by atoms with van der Waals surface area (Å²) in [7, 11) is 0. The standard InChI is InChI=1S/C28H21Cl2NO4S/c1-2-4-24-20(27(31-35-24)26-22(29)5-3-6-23(26)30)14-34-18-10-7-16(8-11-18)21-15-36-25-12-9-17(28(32)33)13-19(21)25/h3,5-13,15H,2,4,14H2,1H3,(H,32,33). The molecule has 2 aromatic heterocycles. The van der Waals surface area contributed by atoms with E-state index in [2.05, 4.69) is 12.1 Å². The Kier molecular flexibility index (Phi) is 7.01. The molecule has 0 atom stereocenters. The van der Waals surface area contributed by atoms with Crippen molar-refractivity contribution in [3.63, 3.8) is 0 Å². The third kappa shape index (κ3) is 4.72. The maximum Gasteiger partial charge on any atom is 0.335 e. The van der Waals surface area contributed by atoms with Crippen molar-refractivity contribution in [2.75, 3.05) is 0 Å². The number of hydrogen-bond acceptors (Lipinski definition) is 5. The molecular formula is C28H21Cl2NO4S. The molecule has 5 nitrogen and oxygen atoms in total. The third-order valence-corrected chi connectivity index (χ3v) is 7.51. The molecule has 2 heterocycles. The topological polar surface area (TPSA) is 72.6 Å². The molecule has 0 fully saturated rings. The van der Waals surface area contributed by atoms with Crippen LogP contribution in [0.25, 0.3) is 32.5 Å². The number of rotatable bonds is 8. The normalized spacial score (nSPS) is 11.2. The summed E-state index contributed by atoms with van der Waals surface area (Å²) in [6.45, 7) is 2.32. The first-order chi connectivity index (χ1) is 17.5. The van der Waals surface area contributed by atoms with Gasteiger partial charge >= 0.3 is 5.97 Å².